The van der Waals surface area contributed by atoms with Crippen molar-refractivity contribution < 1.29 is 10.2 Å². The van der Waals surface area contributed by atoms with Crippen LogP contribution in [0, 0.1) is 0 Å². The third-order valence-electron chi connectivity index (χ3n) is 4.05. The molecule has 3 N–H and O–H groups in total. The summed E-state index contributed by atoms with van der Waals surface area (Å²) in [7, 11) is 0. The first-order valence-corrected chi connectivity index (χ1v) is 6.94. The van der Waals surface area contributed by atoms with Crippen LogP contribution in [0.1, 0.15) is 43.9 Å². The lowest BCUT2D eigenvalue weighted by molar-refractivity contribution is -0.970. The van der Waals surface area contributed by atoms with Crippen LogP contribution < -0.4 is 10.2 Å². The Morgan fingerprint density at radius 3 is 2.00 bits per heavy atom. The normalized spacial score (nSPS) is 19.5. The molecule has 0 radical (unpaired) electrons. The summed E-state index contributed by atoms with van der Waals surface area (Å²) in [6.07, 6.45) is 0. The highest BCUT2D eigenvalue weighted by Crippen LogP contribution is 2.17. The zero-order valence-electron chi connectivity index (χ0n) is 11.4. The van der Waals surface area contributed by atoms with Crippen molar-refractivity contribution in [1.29, 1.82) is 0 Å². The Morgan fingerprint density at radius 2 is 1.47 bits per heavy atom. The zero-order valence-corrected chi connectivity index (χ0v) is 11.4. The molecule has 1 fully saturated rings. The average Bonchev–Trinajstić information content (AvgIpc) is 2.39. The molecule has 0 amide bonds. The topological polar surface area (TPSA) is 21.1 Å². The van der Waals surface area contributed by atoms with Gasteiger partial charge in [-0.3, -0.25) is 0 Å². The zero-order chi connectivity index (χ0) is 12.3. The standard InChI is InChI=1S/C15H24N2/c1-12(2)14-4-6-15(7-5-14)13(3)17-10-8-16-9-11-17/h4-7,12-13,16H,8-11H2,1-3H3/p+2/t13-/m0/s1. The lowest BCUT2D eigenvalue weighted by Gasteiger charge is -2.28. The minimum atomic E-state index is 0.635. The van der Waals surface area contributed by atoms with Gasteiger partial charge in [0.1, 0.15) is 32.2 Å². The number of nitrogens with two attached hydrogens (primary N) is 1. The maximum absolute atomic E-state index is 2.43. The van der Waals surface area contributed by atoms with Gasteiger partial charge in [0.2, 0.25) is 0 Å². The van der Waals surface area contributed by atoms with E-state index < -0.39 is 0 Å². The summed E-state index contributed by atoms with van der Waals surface area (Å²) >= 11 is 0. The fourth-order valence-electron chi connectivity index (χ4n) is 2.68. The number of piperazine rings is 1. The van der Waals surface area contributed by atoms with Crippen LogP contribution in [0.15, 0.2) is 24.3 Å². The Bertz CT molecular complexity index is 336. The summed E-state index contributed by atoms with van der Waals surface area (Å²) in [4.78, 5) is 1.74. The van der Waals surface area contributed by atoms with E-state index in [4.69, 9.17) is 0 Å². The van der Waals surface area contributed by atoms with Crippen molar-refractivity contribution in [2.24, 2.45) is 0 Å². The van der Waals surface area contributed by atoms with Crippen LogP contribution in [0.5, 0.6) is 0 Å². The van der Waals surface area contributed by atoms with Gasteiger partial charge in [-0.15, -0.1) is 0 Å². The molecule has 0 bridgehead atoms. The molecule has 1 aromatic carbocycles. The largest absolute Gasteiger partial charge is 0.337 e. The molecule has 1 saturated heterocycles. The molecule has 0 aromatic heterocycles. The predicted molar refractivity (Wildman–Crippen MR) is 71.3 cm³/mol. The van der Waals surface area contributed by atoms with Crippen molar-refractivity contribution in [3.8, 4) is 0 Å². The molecule has 0 aliphatic carbocycles. The minimum Gasteiger partial charge on any atom is -0.337 e. The number of benzene rings is 1. The van der Waals surface area contributed by atoms with Crippen LogP contribution in [0.4, 0.5) is 0 Å². The molecule has 2 rings (SSSR count). The van der Waals surface area contributed by atoms with Gasteiger partial charge in [-0.05, 0) is 18.4 Å². The third kappa shape index (κ3) is 3.08. The fraction of sp³-hybridized carbons (Fsp3) is 0.600. The lowest BCUT2D eigenvalue weighted by atomic mass is 9.99. The van der Waals surface area contributed by atoms with E-state index >= 15 is 0 Å². The van der Waals surface area contributed by atoms with Crippen LogP contribution in [0.2, 0.25) is 0 Å². The molecule has 17 heavy (non-hydrogen) atoms. The van der Waals surface area contributed by atoms with E-state index in [9.17, 15) is 0 Å². The number of rotatable bonds is 3. The third-order valence-corrected chi connectivity index (χ3v) is 4.05. The first-order chi connectivity index (χ1) is 8.18. The van der Waals surface area contributed by atoms with Crippen LogP contribution in [0.3, 0.4) is 0 Å². The van der Waals surface area contributed by atoms with Crippen molar-refractivity contribution >= 4 is 0 Å². The van der Waals surface area contributed by atoms with Crippen LogP contribution in [-0.4, -0.2) is 26.2 Å². The number of nitrogens with one attached hydrogen (secondary N) is 1. The van der Waals surface area contributed by atoms with Crippen LogP contribution in [0.25, 0.3) is 0 Å². The van der Waals surface area contributed by atoms with Gasteiger partial charge in [-0.2, -0.15) is 0 Å². The summed E-state index contributed by atoms with van der Waals surface area (Å²) in [5.41, 5.74) is 2.94. The van der Waals surface area contributed by atoms with E-state index in [0.717, 1.165) is 0 Å². The molecule has 1 atom stereocenters. The highest BCUT2D eigenvalue weighted by Gasteiger charge is 2.23. The van der Waals surface area contributed by atoms with Gasteiger partial charge in [0, 0.05) is 5.56 Å². The lowest BCUT2D eigenvalue weighted by Crippen LogP contribution is -3.20. The quantitative estimate of drug-likeness (QED) is 0.752. The van der Waals surface area contributed by atoms with E-state index in [2.05, 4.69) is 50.4 Å². The molecular formula is C15H26N2+2. The Balaban J connectivity index is 2.05. The Hall–Kier alpha value is -0.860. The predicted octanol–water partition coefficient (Wildman–Crippen LogP) is 0.333. The first kappa shape index (κ1) is 12.6. The van der Waals surface area contributed by atoms with Crippen LogP contribution >= 0.6 is 0 Å². The van der Waals surface area contributed by atoms with E-state index in [1.165, 1.54) is 37.3 Å². The maximum Gasteiger partial charge on any atom is 0.127 e. The highest BCUT2D eigenvalue weighted by molar-refractivity contribution is 5.25. The van der Waals surface area contributed by atoms with Gasteiger partial charge in [-0.25, -0.2) is 0 Å². The smallest absolute Gasteiger partial charge is 0.127 e. The van der Waals surface area contributed by atoms with E-state index in [-0.39, 0.29) is 0 Å². The molecule has 1 aliphatic rings. The maximum atomic E-state index is 2.43. The van der Waals surface area contributed by atoms with E-state index in [0.29, 0.717) is 12.0 Å². The summed E-state index contributed by atoms with van der Waals surface area (Å²) in [5.74, 6) is 0.635. The van der Waals surface area contributed by atoms with Gasteiger partial charge in [0.05, 0.1) is 0 Å². The van der Waals surface area contributed by atoms with Crippen molar-refractivity contribution in [2.75, 3.05) is 26.2 Å². The van der Waals surface area contributed by atoms with E-state index in [1.807, 2.05) is 0 Å². The second-order valence-electron chi connectivity index (χ2n) is 5.57. The SMILES string of the molecule is CC(C)c1ccc([C@H](C)[NH+]2CC[NH2+]CC2)cc1. The van der Waals surface area contributed by atoms with Crippen molar-refractivity contribution in [1.82, 2.24) is 0 Å². The Morgan fingerprint density at radius 1 is 0.941 bits per heavy atom. The molecule has 94 valence electrons. The van der Waals surface area contributed by atoms with Gasteiger partial charge in [0.15, 0.2) is 0 Å². The molecule has 0 unspecified atom stereocenters. The minimum absolute atomic E-state index is 0.635. The van der Waals surface area contributed by atoms with Crippen molar-refractivity contribution in [2.45, 2.75) is 32.7 Å². The number of hydrogen-bond acceptors (Lipinski definition) is 0. The average molecular weight is 234 g/mol. The van der Waals surface area contributed by atoms with E-state index in [1.54, 1.807) is 4.90 Å². The summed E-state index contributed by atoms with van der Waals surface area (Å²) < 4.78 is 0. The molecule has 2 heteroatoms. The highest BCUT2D eigenvalue weighted by atomic mass is 15.2. The second-order valence-corrected chi connectivity index (χ2v) is 5.57. The second kappa shape index (κ2) is 5.65. The van der Waals surface area contributed by atoms with Gasteiger partial charge in [-0.1, -0.05) is 38.1 Å². The molecule has 1 heterocycles. The molecule has 0 saturated carbocycles. The molecule has 1 aliphatic heterocycles. The number of hydrogen-bond donors (Lipinski definition) is 2. The summed E-state index contributed by atoms with van der Waals surface area (Å²) in [6, 6.07) is 9.89. The van der Waals surface area contributed by atoms with Crippen molar-refractivity contribution in [3.05, 3.63) is 35.4 Å². The fourth-order valence-corrected chi connectivity index (χ4v) is 2.68. The molecule has 2 nitrogen and oxygen atoms in total. The monoisotopic (exact) mass is 234 g/mol. The molecule has 1 aromatic rings. The Kier molecular flexibility index (Phi) is 4.19. The molecular weight excluding hydrogens is 208 g/mol. The summed E-state index contributed by atoms with van der Waals surface area (Å²) in [6.45, 7) is 12.0. The number of quaternary nitrogens is 2. The van der Waals surface area contributed by atoms with Gasteiger partial charge < -0.3 is 10.2 Å². The van der Waals surface area contributed by atoms with Crippen molar-refractivity contribution in [3.63, 3.8) is 0 Å². The van der Waals surface area contributed by atoms with Gasteiger partial charge in [0.25, 0.3) is 0 Å². The van der Waals surface area contributed by atoms with Gasteiger partial charge >= 0.3 is 0 Å². The Labute approximate surface area is 105 Å². The molecule has 0 spiro atoms. The first-order valence-electron chi connectivity index (χ1n) is 6.94. The van der Waals surface area contributed by atoms with Crippen LogP contribution in [-0.2, 0) is 0 Å². The summed E-state index contributed by atoms with van der Waals surface area (Å²) in [5, 5.41) is 2.43.